The minimum atomic E-state index is -0.532. The summed E-state index contributed by atoms with van der Waals surface area (Å²) in [5, 5.41) is 6.71. The number of nitrogens with zero attached hydrogens (tertiary/aromatic N) is 3. The zero-order valence-corrected chi connectivity index (χ0v) is 14.3. The molecule has 0 saturated carbocycles. The summed E-state index contributed by atoms with van der Waals surface area (Å²) in [4.78, 5) is 19.9. The van der Waals surface area contributed by atoms with Crippen LogP contribution in [0, 0.1) is 5.82 Å². The molecule has 1 saturated heterocycles. The lowest BCUT2D eigenvalue weighted by atomic mass is 10.2. The van der Waals surface area contributed by atoms with Crippen molar-refractivity contribution < 1.29 is 23.5 Å². The normalized spacial score (nSPS) is 19.4. The van der Waals surface area contributed by atoms with E-state index in [2.05, 4.69) is 10.5 Å². The predicted molar refractivity (Wildman–Crippen MR) is 93.4 cm³/mol. The number of thiocarbonyl (C=S) groups is 1. The maximum Gasteiger partial charge on any atom is 0.414 e. The standard InChI is InChI=1S/C15H17FN4O4S/c1-22-14(25)17-7-11-8-20(15(21)24-11)10-2-3-13(12(16)6-10)19-4-5-23-18-9-19/h2-3,6,9,11H,4-5,7-8H2,1H3,(H,17,25)/t11-/m0/s1. The molecule has 0 spiro atoms. The van der Waals surface area contributed by atoms with E-state index in [-0.39, 0.29) is 11.7 Å². The second-order valence-corrected chi connectivity index (χ2v) is 5.74. The number of halogens is 1. The Bertz CT molecular complexity index is 702. The molecule has 0 aliphatic carbocycles. The van der Waals surface area contributed by atoms with E-state index in [1.807, 2.05) is 0 Å². The number of oxime groups is 1. The fraction of sp³-hybridized carbons (Fsp3) is 0.400. The quantitative estimate of drug-likeness (QED) is 0.806. The van der Waals surface area contributed by atoms with E-state index < -0.39 is 18.0 Å². The van der Waals surface area contributed by atoms with Crippen molar-refractivity contribution in [3.05, 3.63) is 24.0 Å². The van der Waals surface area contributed by atoms with E-state index in [0.29, 0.717) is 31.1 Å². The smallest absolute Gasteiger partial charge is 0.414 e. The van der Waals surface area contributed by atoms with Crippen LogP contribution in [0.25, 0.3) is 0 Å². The van der Waals surface area contributed by atoms with Crippen LogP contribution in [0.2, 0.25) is 0 Å². The summed E-state index contributed by atoms with van der Waals surface area (Å²) in [7, 11) is 1.45. The molecule has 1 fully saturated rings. The number of nitrogens with one attached hydrogen (secondary N) is 1. The molecule has 0 radical (unpaired) electrons. The number of cyclic esters (lactones) is 1. The Morgan fingerprint density at radius 2 is 2.40 bits per heavy atom. The average Bonchev–Trinajstić information content (AvgIpc) is 3.01. The van der Waals surface area contributed by atoms with Gasteiger partial charge in [0.15, 0.2) is 0 Å². The van der Waals surface area contributed by atoms with Gasteiger partial charge in [0.05, 0.1) is 38.1 Å². The van der Waals surface area contributed by atoms with Crippen LogP contribution in [-0.2, 0) is 14.3 Å². The zero-order chi connectivity index (χ0) is 17.8. The highest BCUT2D eigenvalue weighted by Gasteiger charge is 2.33. The van der Waals surface area contributed by atoms with Crippen molar-refractivity contribution in [2.45, 2.75) is 6.10 Å². The highest BCUT2D eigenvalue weighted by molar-refractivity contribution is 7.80. The number of carbonyl (C=O) groups excluding carboxylic acids is 1. The molecule has 0 bridgehead atoms. The lowest BCUT2D eigenvalue weighted by Gasteiger charge is -2.23. The van der Waals surface area contributed by atoms with Gasteiger partial charge in [0.1, 0.15) is 24.9 Å². The number of anilines is 2. The third-order valence-corrected chi connectivity index (χ3v) is 4.08. The summed E-state index contributed by atoms with van der Waals surface area (Å²) in [6, 6.07) is 4.56. The Morgan fingerprint density at radius 1 is 1.56 bits per heavy atom. The number of ether oxygens (including phenoxy) is 2. The maximum absolute atomic E-state index is 14.4. The maximum atomic E-state index is 14.4. The number of methoxy groups -OCH3 is 1. The molecule has 25 heavy (non-hydrogen) atoms. The van der Waals surface area contributed by atoms with Gasteiger partial charge in [-0.3, -0.25) is 4.90 Å². The summed E-state index contributed by atoms with van der Waals surface area (Å²) in [5.74, 6) is -0.458. The molecule has 134 valence electrons. The number of amides is 1. The van der Waals surface area contributed by atoms with Crippen molar-refractivity contribution >= 4 is 41.2 Å². The van der Waals surface area contributed by atoms with Crippen LogP contribution >= 0.6 is 12.2 Å². The van der Waals surface area contributed by atoms with Gasteiger partial charge in [-0.15, -0.1) is 0 Å². The third-order valence-electron chi connectivity index (χ3n) is 3.77. The molecule has 2 aliphatic rings. The van der Waals surface area contributed by atoms with Gasteiger partial charge in [-0.25, -0.2) is 9.18 Å². The number of hydrogen-bond acceptors (Lipinski definition) is 7. The summed E-state index contributed by atoms with van der Waals surface area (Å²) in [6.45, 7) is 1.49. The predicted octanol–water partition coefficient (Wildman–Crippen LogP) is 1.45. The van der Waals surface area contributed by atoms with E-state index >= 15 is 0 Å². The Labute approximate surface area is 149 Å². The number of hydrogen-bond donors (Lipinski definition) is 1. The molecule has 0 aromatic heterocycles. The van der Waals surface area contributed by atoms with Crippen LogP contribution in [0.5, 0.6) is 0 Å². The average molecular weight is 368 g/mol. The molecule has 1 N–H and O–H groups in total. The minimum Gasteiger partial charge on any atom is -0.474 e. The van der Waals surface area contributed by atoms with Crippen LogP contribution < -0.4 is 15.1 Å². The summed E-state index contributed by atoms with van der Waals surface area (Å²) >= 11 is 4.87. The van der Waals surface area contributed by atoms with Crippen molar-refractivity contribution in [2.75, 3.05) is 43.2 Å². The van der Waals surface area contributed by atoms with Gasteiger partial charge >= 0.3 is 6.09 Å². The number of carbonyl (C=O) groups is 1. The van der Waals surface area contributed by atoms with E-state index in [9.17, 15) is 9.18 Å². The van der Waals surface area contributed by atoms with Crippen molar-refractivity contribution in [2.24, 2.45) is 5.16 Å². The van der Waals surface area contributed by atoms with Crippen molar-refractivity contribution in [3.63, 3.8) is 0 Å². The SMILES string of the molecule is COC(=S)NC[C@H]1CN(c2ccc(N3C=NOCC3)c(F)c2)C(=O)O1. The fourth-order valence-corrected chi connectivity index (χ4v) is 2.61. The number of benzene rings is 1. The first-order valence-corrected chi connectivity index (χ1v) is 8.01. The molecular weight excluding hydrogens is 351 g/mol. The summed E-state index contributed by atoms with van der Waals surface area (Å²) in [5.41, 5.74) is 0.792. The Kier molecular flexibility index (Phi) is 5.17. The van der Waals surface area contributed by atoms with Gasteiger partial charge in [-0.05, 0) is 30.4 Å². The summed E-state index contributed by atoms with van der Waals surface area (Å²) in [6.07, 6.45) is 0.483. The molecule has 1 aromatic rings. The molecule has 1 atom stereocenters. The van der Waals surface area contributed by atoms with E-state index in [1.54, 1.807) is 17.0 Å². The van der Waals surface area contributed by atoms with Crippen molar-refractivity contribution in [3.8, 4) is 0 Å². The minimum absolute atomic E-state index is 0.220. The highest BCUT2D eigenvalue weighted by Crippen LogP contribution is 2.27. The first kappa shape index (κ1) is 17.2. The Balaban J connectivity index is 1.68. The van der Waals surface area contributed by atoms with E-state index in [0.717, 1.165) is 0 Å². The number of rotatable bonds is 4. The van der Waals surface area contributed by atoms with Gasteiger partial charge in [-0.1, -0.05) is 5.16 Å². The zero-order valence-electron chi connectivity index (χ0n) is 13.5. The van der Waals surface area contributed by atoms with Crippen LogP contribution in [0.4, 0.5) is 20.6 Å². The van der Waals surface area contributed by atoms with Crippen molar-refractivity contribution in [1.29, 1.82) is 0 Å². The lowest BCUT2D eigenvalue weighted by Crippen LogP contribution is -2.34. The second-order valence-electron chi connectivity index (χ2n) is 5.37. The van der Waals surface area contributed by atoms with Crippen LogP contribution in [0.15, 0.2) is 23.4 Å². The topological polar surface area (TPSA) is 75.6 Å². The van der Waals surface area contributed by atoms with E-state index in [1.165, 1.54) is 24.4 Å². The Morgan fingerprint density at radius 3 is 3.08 bits per heavy atom. The first-order valence-electron chi connectivity index (χ1n) is 7.60. The molecule has 1 aromatic carbocycles. The van der Waals surface area contributed by atoms with Gasteiger partial charge < -0.3 is 24.5 Å². The molecule has 3 rings (SSSR count). The highest BCUT2D eigenvalue weighted by atomic mass is 32.1. The summed E-state index contributed by atoms with van der Waals surface area (Å²) < 4.78 is 24.5. The Hall–Kier alpha value is -2.62. The largest absolute Gasteiger partial charge is 0.474 e. The molecule has 1 amide bonds. The molecule has 8 nitrogen and oxygen atoms in total. The van der Waals surface area contributed by atoms with Gasteiger partial charge in [-0.2, -0.15) is 0 Å². The van der Waals surface area contributed by atoms with Crippen molar-refractivity contribution in [1.82, 2.24) is 5.32 Å². The lowest BCUT2D eigenvalue weighted by molar-refractivity contribution is 0.142. The molecule has 2 heterocycles. The van der Waals surface area contributed by atoms with Crippen LogP contribution in [-0.4, -0.2) is 57.1 Å². The monoisotopic (exact) mass is 368 g/mol. The second kappa shape index (κ2) is 7.51. The molecule has 0 unspecified atom stereocenters. The van der Waals surface area contributed by atoms with Gasteiger partial charge in [0, 0.05) is 0 Å². The third kappa shape index (κ3) is 3.90. The fourth-order valence-electron chi connectivity index (χ4n) is 2.53. The van der Waals surface area contributed by atoms with Gasteiger partial charge in [0.2, 0.25) is 0 Å². The van der Waals surface area contributed by atoms with Crippen LogP contribution in [0.3, 0.4) is 0 Å². The molecular formula is C15H17FN4O4S. The van der Waals surface area contributed by atoms with Gasteiger partial charge in [0.25, 0.3) is 5.17 Å². The molecule has 10 heteroatoms. The van der Waals surface area contributed by atoms with Crippen LogP contribution in [0.1, 0.15) is 0 Å². The molecule has 2 aliphatic heterocycles. The first-order chi connectivity index (χ1) is 12.1. The van der Waals surface area contributed by atoms with E-state index in [4.69, 9.17) is 26.5 Å².